The van der Waals surface area contributed by atoms with Crippen molar-refractivity contribution in [2.24, 2.45) is 0 Å². The molecule has 4 aromatic rings. The summed E-state index contributed by atoms with van der Waals surface area (Å²) in [6, 6.07) is 23.0. The molecule has 37 heavy (non-hydrogen) atoms. The van der Waals surface area contributed by atoms with Crippen LogP contribution in [0.1, 0.15) is 31.8 Å². The van der Waals surface area contributed by atoms with Crippen molar-refractivity contribution in [2.45, 2.75) is 4.90 Å². The molecular weight excluding hydrogens is 496 g/mol. The Hall–Kier alpha value is -4.63. The Balaban J connectivity index is 1.82. The van der Waals surface area contributed by atoms with Crippen LogP contribution in [0.4, 0.5) is 0 Å². The highest BCUT2D eigenvalue weighted by molar-refractivity contribution is 7.87. The van der Waals surface area contributed by atoms with E-state index < -0.39 is 32.3 Å². The number of aromatic hydroxyl groups is 1. The quantitative estimate of drug-likeness (QED) is 0.252. The van der Waals surface area contributed by atoms with Crippen LogP contribution in [0.15, 0.2) is 95.9 Å². The van der Waals surface area contributed by atoms with E-state index in [4.69, 9.17) is 13.7 Å². The first-order valence-electron chi connectivity index (χ1n) is 11.0. The number of benzene rings is 4. The van der Waals surface area contributed by atoms with Gasteiger partial charge in [0.15, 0.2) is 28.0 Å². The number of methoxy groups -OCH3 is 2. The van der Waals surface area contributed by atoms with Gasteiger partial charge in [-0.25, -0.2) is 0 Å². The maximum atomic E-state index is 13.5. The molecule has 0 aliphatic carbocycles. The fraction of sp³-hybridized carbons (Fsp3) is 0.0714. The summed E-state index contributed by atoms with van der Waals surface area (Å²) < 4.78 is 42.7. The first-order chi connectivity index (χ1) is 17.8. The summed E-state index contributed by atoms with van der Waals surface area (Å²) in [7, 11) is -2.24. The first-order valence-corrected chi connectivity index (χ1v) is 12.4. The van der Waals surface area contributed by atoms with Crippen molar-refractivity contribution in [3.05, 3.63) is 113 Å². The van der Waals surface area contributed by atoms with Crippen molar-refractivity contribution < 1.29 is 36.8 Å². The number of hydrogen-bond acceptors (Lipinski definition) is 8. The van der Waals surface area contributed by atoms with Crippen LogP contribution in [0.5, 0.6) is 23.0 Å². The molecule has 0 atom stereocenters. The molecule has 0 fully saturated rings. The molecule has 0 aliphatic heterocycles. The third-order valence-corrected chi connectivity index (χ3v) is 6.81. The number of carbonyl (C=O) groups is 2. The lowest BCUT2D eigenvalue weighted by Gasteiger charge is -2.16. The first kappa shape index (κ1) is 25.5. The Bertz CT molecular complexity index is 1560. The highest BCUT2D eigenvalue weighted by atomic mass is 32.2. The second-order valence-corrected chi connectivity index (χ2v) is 9.27. The van der Waals surface area contributed by atoms with Crippen LogP contribution >= 0.6 is 0 Å². The van der Waals surface area contributed by atoms with E-state index in [1.165, 1.54) is 56.7 Å². The van der Waals surface area contributed by atoms with Crippen LogP contribution < -0.4 is 13.7 Å². The lowest BCUT2D eigenvalue weighted by Crippen LogP contribution is -2.15. The zero-order valence-corrected chi connectivity index (χ0v) is 20.7. The van der Waals surface area contributed by atoms with Crippen molar-refractivity contribution in [3.8, 4) is 23.0 Å². The number of phenolic OH excluding ortho intramolecular Hbond substituents is 1. The van der Waals surface area contributed by atoms with Gasteiger partial charge in [0.25, 0.3) is 0 Å². The summed E-state index contributed by atoms with van der Waals surface area (Å²) in [6.07, 6.45) is 0. The molecule has 0 aromatic heterocycles. The van der Waals surface area contributed by atoms with E-state index in [-0.39, 0.29) is 33.9 Å². The van der Waals surface area contributed by atoms with Crippen molar-refractivity contribution in [3.63, 3.8) is 0 Å². The van der Waals surface area contributed by atoms with Crippen LogP contribution in [0.25, 0.3) is 0 Å². The number of ketones is 2. The fourth-order valence-corrected chi connectivity index (χ4v) is 4.88. The van der Waals surface area contributed by atoms with Gasteiger partial charge in [-0.05, 0) is 24.3 Å². The van der Waals surface area contributed by atoms with E-state index >= 15 is 0 Å². The van der Waals surface area contributed by atoms with Gasteiger partial charge in [0.1, 0.15) is 11.5 Å². The minimum atomic E-state index is -4.82. The molecule has 9 heteroatoms. The highest BCUT2D eigenvalue weighted by Crippen LogP contribution is 2.39. The lowest BCUT2D eigenvalue weighted by atomic mass is 10.0. The maximum absolute atomic E-state index is 13.5. The Labute approximate surface area is 213 Å². The maximum Gasteiger partial charge on any atom is 0.346 e. The molecule has 0 bridgehead atoms. The second kappa shape index (κ2) is 10.5. The van der Waals surface area contributed by atoms with Crippen molar-refractivity contribution >= 4 is 21.7 Å². The molecular formula is C28H22O8S. The molecule has 4 rings (SSSR count). The van der Waals surface area contributed by atoms with Crippen molar-refractivity contribution in [1.82, 2.24) is 0 Å². The van der Waals surface area contributed by atoms with Gasteiger partial charge in [0, 0.05) is 17.2 Å². The second-order valence-electron chi connectivity index (χ2n) is 7.78. The van der Waals surface area contributed by atoms with Crippen LogP contribution in [-0.2, 0) is 10.1 Å². The van der Waals surface area contributed by atoms with Crippen molar-refractivity contribution in [1.29, 1.82) is 0 Å². The molecule has 4 aromatic carbocycles. The fourth-order valence-electron chi connectivity index (χ4n) is 3.67. The summed E-state index contributed by atoms with van der Waals surface area (Å²) in [5, 5.41) is 11.0. The van der Waals surface area contributed by atoms with E-state index in [0.29, 0.717) is 5.56 Å². The largest absolute Gasteiger partial charge is 0.506 e. The molecule has 0 amide bonds. The molecule has 1 N–H and O–H groups in total. The van der Waals surface area contributed by atoms with Gasteiger partial charge < -0.3 is 18.8 Å². The minimum absolute atomic E-state index is 0.0504. The number of rotatable bonds is 9. The normalized spacial score (nSPS) is 11.0. The lowest BCUT2D eigenvalue weighted by molar-refractivity contribution is 0.102. The predicted octanol–water partition coefficient (Wildman–Crippen LogP) is 4.64. The van der Waals surface area contributed by atoms with E-state index in [1.807, 2.05) is 0 Å². The van der Waals surface area contributed by atoms with Crippen LogP contribution in [0.3, 0.4) is 0 Å². The molecule has 188 valence electrons. The number of hydrogen-bond donors (Lipinski definition) is 1. The van der Waals surface area contributed by atoms with Gasteiger partial charge in [-0.3, -0.25) is 9.59 Å². The number of carbonyl (C=O) groups excluding carboxylic acids is 2. The zero-order chi connectivity index (χ0) is 26.6. The molecule has 0 spiro atoms. The van der Waals surface area contributed by atoms with Gasteiger partial charge in [0.2, 0.25) is 0 Å². The highest BCUT2D eigenvalue weighted by Gasteiger charge is 2.32. The molecule has 0 saturated heterocycles. The standard InChI is InChI=1S/C28H22O8S/c1-34-20-13-14-21(25(29)18-9-5-3-6-10-18)24(17-20)36-37(32,33)28-23(35-2)16-15-22(27(28)31)26(30)19-11-7-4-8-12-19/h3-17,31H,1-2H3. The topological polar surface area (TPSA) is 116 Å². The molecule has 8 nitrogen and oxygen atoms in total. The minimum Gasteiger partial charge on any atom is -0.506 e. The Kier molecular flexibility index (Phi) is 7.26. The predicted molar refractivity (Wildman–Crippen MR) is 135 cm³/mol. The molecule has 0 heterocycles. The summed E-state index contributed by atoms with van der Waals surface area (Å²) in [5.74, 6) is -2.27. The summed E-state index contributed by atoms with van der Waals surface area (Å²) in [6.45, 7) is 0. The average Bonchev–Trinajstić information content (AvgIpc) is 2.92. The number of ether oxygens (including phenoxy) is 2. The van der Waals surface area contributed by atoms with E-state index in [1.54, 1.807) is 48.5 Å². The van der Waals surface area contributed by atoms with Crippen LogP contribution in [0, 0.1) is 0 Å². The molecule has 0 aliphatic rings. The van der Waals surface area contributed by atoms with Gasteiger partial charge in [-0.2, -0.15) is 8.42 Å². The monoisotopic (exact) mass is 518 g/mol. The van der Waals surface area contributed by atoms with Gasteiger partial charge in [-0.1, -0.05) is 60.7 Å². The summed E-state index contributed by atoms with van der Waals surface area (Å²) >= 11 is 0. The van der Waals surface area contributed by atoms with Gasteiger partial charge in [-0.15, -0.1) is 0 Å². The van der Waals surface area contributed by atoms with Crippen molar-refractivity contribution in [2.75, 3.05) is 14.2 Å². The van der Waals surface area contributed by atoms with E-state index in [9.17, 15) is 23.1 Å². The SMILES string of the molecule is COc1ccc(C(=O)c2ccccc2)c(OS(=O)(=O)c2c(OC)ccc(C(=O)c3ccccc3)c2O)c1. The summed E-state index contributed by atoms with van der Waals surface area (Å²) in [4.78, 5) is 25.4. The Morgan fingerprint density at radius 3 is 1.76 bits per heavy atom. The molecule has 0 saturated carbocycles. The third kappa shape index (κ3) is 5.17. The average molecular weight is 519 g/mol. The Morgan fingerprint density at radius 1 is 0.676 bits per heavy atom. The van der Waals surface area contributed by atoms with Gasteiger partial charge in [0.05, 0.1) is 25.3 Å². The van der Waals surface area contributed by atoms with E-state index in [2.05, 4.69) is 0 Å². The third-order valence-electron chi connectivity index (χ3n) is 5.51. The van der Waals surface area contributed by atoms with E-state index in [0.717, 1.165) is 0 Å². The molecule has 0 radical (unpaired) electrons. The van der Waals surface area contributed by atoms with Gasteiger partial charge >= 0.3 is 10.1 Å². The van der Waals surface area contributed by atoms with Crippen LogP contribution in [0.2, 0.25) is 0 Å². The summed E-state index contributed by atoms with van der Waals surface area (Å²) in [5.41, 5.74) is 0.243. The molecule has 0 unspecified atom stereocenters. The smallest absolute Gasteiger partial charge is 0.346 e. The van der Waals surface area contributed by atoms with Crippen LogP contribution in [-0.4, -0.2) is 39.3 Å². The zero-order valence-electron chi connectivity index (χ0n) is 19.9. The Morgan fingerprint density at radius 2 is 1.22 bits per heavy atom. The number of phenols is 1.